The van der Waals surface area contributed by atoms with Crippen LogP contribution in [-0.2, 0) is 6.42 Å². The Balaban J connectivity index is 1.96. The van der Waals surface area contributed by atoms with Crippen LogP contribution in [0.25, 0.3) is 0 Å². The Morgan fingerprint density at radius 3 is 2.44 bits per heavy atom. The Hall–Kier alpha value is -0.820. The van der Waals surface area contributed by atoms with E-state index in [1.807, 2.05) is 0 Å². The van der Waals surface area contributed by atoms with Gasteiger partial charge in [0.1, 0.15) is 0 Å². The lowest BCUT2D eigenvalue weighted by Gasteiger charge is -2.27. The van der Waals surface area contributed by atoms with Gasteiger partial charge in [-0.15, -0.1) is 0 Å². The van der Waals surface area contributed by atoms with Crippen molar-refractivity contribution in [3.8, 4) is 0 Å². The Morgan fingerprint density at radius 1 is 1.12 bits per heavy atom. The lowest BCUT2D eigenvalue weighted by Crippen LogP contribution is -2.34. The quantitative estimate of drug-likeness (QED) is 0.729. The van der Waals surface area contributed by atoms with Gasteiger partial charge in [-0.25, -0.2) is 0 Å². The summed E-state index contributed by atoms with van der Waals surface area (Å²) >= 11 is 0. The Labute approximate surface area is 99.5 Å². The summed E-state index contributed by atoms with van der Waals surface area (Å²) in [6, 6.07) is 11.7. The third kappa shape index (κ3) is 3.08. The molecule has 0 radical (unpaired) electrons. The molecule has 1 heteroatoms. The normalized spacial score (nSPS) is 18.8. The molecule has 0 amide bonds. The van der Waals surface area contributed by atoms with Gasteiger partial charge >= 0.3 is 0 Å². The van der Waals surface area contributed by atoms with Crippen molar-refractivity contribution in [1.82, 2.24) is 4.90 Å². The predicted octanol–water partition coefficient (Wildman–Crippen LogP) is 3.49. The molecule has 88 valence electrons. The van der Waals surface area contributed by atoms with Crippen LogP contribution in [-0.4, -0.2) is 24.0 Å². The minimum atomic E-state index is 0.773. The van der Waals surface area contributed by atoms with E-state index in [1.54, 1.807) is 0 Å². The van der Waals surface area contributed by atoms with E-state index in [2.05, 4.69) is 42.2 Å². The van der Waals surface area contributed by atoms with Crippen molar-refractivity contribution < 1.29 is 0 Å². The van der Waals surface area contributed by atoms with Crippen LogP contribution in [0.2, 0.25) is 0 Å². The van der Waals surface area contributed by atoms with Crippen molar-refractivity contribution >= 4 is 0 Å². The molecule has 0 saturated carbocycles. The van der Waals surface area contributed by atoms with Crippen molar-refractivity contribution in [2.75, 3.05) is 13.1 Å². The predicted molar refractivity (Wildman–Crippen MR) is 69.6 cm³/mol. The molecular formula is C15H23N. The zero-order valence-electron chi connectivity index (χ0n) is 10.4. The Morgan fingerprint density at radius 2 is 1.81 bits per heavy atom. The highest BCUT2D eigenvalue weighted by Gasteiger charge is 2.20. The first-order valence-corrected chi connectivity index (χ1v) is 6.68. The van der Waals surface area contributed by atoms with Crippen LogP contribution < -0.4 is 0 Å². The van der Waals surface area contributed by atoms with Gasteiger partial charge in [-0.3, -0.25) is 0 Å². The maximum atomic E-state index is 2.69. The van der Waals surface area contributed by atoms with E-state index in [4.69, 9.17) is 0 Å². The zero-order chi connectivity index (χ0) is 11.2. The van der Waals surface area contributed by atoms with E-state index >= 15 is 0 Å². The molecule has 1 heterocycles. The highest BCUT2D eigenvalue weighted by Crippen LogP contribution is 2.19. The molecule has 1 aromatic rings. The second-order valence-electron chi connectivity index (χ2n) is 4.88. The summed E-state index contributed by atoms with van der Waals surface area (Å²) in [7, 11) is 0. The first kappa shape index (κ1) is 11.7. The van der Waals surface area contributed by atoms with E-state index in [1.165, 1.54) is 50.8 Å². The number of hydrogen-bond acceptors (Lipinski definition) is 1. The van der Waals surface area contributed by atoms with Crippen molar-refractivity contribution in [3.63, 3.8) is 0 Å². The molecule has 0 spiro atoms. The number of hydrogen-bond donors (Lipinski definition) is 0. The smallest absolute Gasteiger partial charge is 0.0136 e. The monoisotopic (exact) mass is 217 g/mol. The SMILES string of the molecule is CCC[C@H](Cc1ccccc1)N1CCCC1. The average molecular weight is 217 g/mol. The third-order valence-electron chi connectivity index (χ3n) is 3.59. The Bertz CT molecular complexity index is 288. The van der Waals surface area contributed by atoms with E-state index in [9.17, 15) is 0 Å². The highest BCUT2D eigenvalue weighted by atomic mass is 15.2. The fourth-order valence-corrected chi connectivity index (χ4v) is 2.74. The summed E-state index contributed by atoms with van der Waals surface area (Å²) in [5.74, 6) is 0. The van der Waals surface area contributed by atoms with E-state index in [-0.39, 0.29) is 0 Å². The van der Waals surface area contributed by atoms with Gasteiger partial charge in [0, 0.05) is 6.04 Å². The van der Waals surface area contributed by atoms with Gasteiger partial charge in [-0.2, -0.15) is 0 Å². The number of likely N-dealkylation sites (tertiary alicyclic amines) is 1. The summed E-state index contributed by atoms with van der Waals surface area (Å²) < 4.78 is 0. The largest absolute Gasteiger partial charge is 0.300 e. The zero-order valence-corrected chi connectivity index (χ0v) is 10.4. The topological polar surface area (TPSA) is 3.24 Å². The second-order valence-corrected chi connectivity index (χ2v) is 4.88. The van der Waals surface area contributed by atoms with Crippen LogP contribution in [0.15, 0.2) is 30.3 Å². The molecule has 0 unspecified atom stereocenters. The molecule has 1 aliphatic rings. The van der Waals surface area contributed by atoms with Gasteiger partial charge in [0.2, 0.25) is 0 Å². The molecule has 1 fully saturated rings. The fourth-order valence-electron chi connectivity index (χ4n) is 2.74. The molecule has 0 aromatic heterocycles. The van der Waals surface area contributed by atoms with Crippen molar-refractivity contribution in [2.45, 2.75) is 45.1 Å². The van der Waals surface area contributed by atoms with E-state index < -0.39 is 0 Å². The molecular weight excluding hydrogens is 194 g/mol. The lowest BCUT2D eigenvalue weighted by molar-refractivity contribution is 0.227. The van der Waals surface area contributed by atoms with Gasteiger partial charge in [0.15, 0.2) is 0 Å². The summed E-state index contributed by atoms with van der Waals surface area (Å²) in [4.78, 5) is 2.69. The highest BCUT2D eigenvalue weighted by molar-refractivity contribution is 5.16. The van der Waals surface area contributed by atoms with Gasteiger partial charge in [-0.1, -0.05) is 43.7 Å². The van der Waals surface area contributed by atoms with Crippen molar-refractivity contribution in [3.05, 3.63) is 35.9 Å². The molecule has 0 bridgehead atoms. The van der Waals surface area contributed by atoms with Gasteiger partial charge in [0.25, 0.3) is 0 Å². The first-order chi connectivity index (χ1) is 7.90. The van der Waals surface area contributed by atoms with Gasteiger partial charge < -0.3 is 4.90 Å². The van der Waals surface area contributed by atoms with Crippen LogP contribution >= 0.6 is 0 Å². The minimum absolute atomic E-state index is 0.773. The summed E-state index contributed by atoms with van der Waals surface area (Å²) in [6.45, 7) is 4.93. The molecule has 1 aromatic carbocycles. The van der Waals surface area contributed by atoms with Crippen molar-refractivity contribution in [1.29, 1.82) is 0 Å². The van der Waals surface area contributed by atoms with Crippen LogP contribution in [0.5, 0.6) is 0 Å². The number of rotatable bonds is 5. The van der Waals surface area contributed by atoms with Gasteiger partial charge in [-0.05, 0) is 44.3 Å². The second kappa shape index (κ2) is 6.05. The average Bonchev–Trinajstić information content (AvgIpc) is 2.83. The third-order valence-corrected chi connectivity index (χ3v) is 3.59. The first-order valence-electron chi connectivity index (χ1n) is 6.68. The number of nitrogens with zero attached hydrogens (tertiary/aromatic N) is 1. The molecule has 1 saturated heterocycles. The Kier molecular flexibility index (Phi) is 4.41. The lowest BCUT2D eigenvalue weighted by atomic mass is 10.0. The summed E-state index contributed by atoms with van der Waals surface area (Å²) in [5.41, 5.74) is 1.49. The molecule has 1 atom stereocenters. The molecule has 16 heavy (non-hydrogen) atoms. The fraction of sp³-hybridized carbons (Fsp3) is 0.600. The molecule has 1 nitrogen and oxygen atoms in total. The van der Waals surface area contributed by atoms with Crippen LogP contribution in [0.1, 0.15) is 38.2 Å². The maximum absolute atomic E-state index is 2.69. The molecule has 1 aliphatic heterocycles. The van der Waals surface area contributed by atoms with Crippen LogP contribution in [0.4, 0.5) is 0 Å². The van der Waals surface area contributed by atoms with E-state index in [0.29, 0.717) is 0 Å². The molecule has 0 aliphatic carbocycles. The van der Waals surface area contributed by atoms with Gasteiger partial charge in [0.05, 0.1) is 0 Å². The van der Waals surface area contributed by atoms with Crippen LogP contribution in [0, 0.1) is 0 Å². The molecule has 0 N–H and O–H groups in total. The number of benzene rings is 1. The standard InChI is InChI=1S/C15H23N/c1-2-8-15(16-11-6-7-12-16)13-14-9-4-3-5-10-14/h3-5,9-10,15H,2,6-8,11-13H2,1H3/t15-/m1/s1. The summed E-state index contributed by atoms with van der Waals surface area (Å²) in [6.07, 6.45) is 6.67. The minimum Gasteiger partial charge on any atom is -0.300 e. The summed E-state index contributed by atoms with van der Waals surface area (Å²) in [5, 5.41) is 0. The van der Waals surface area contributed by atoms with Crippen LogP contribution in [0.3, 0.4) is 0 Å². The molecule has 2 rings (SSSR count). The van der Waals surface area contributed by atoms with Crippen molar-refractivity contribution in [2.24, 2.45) is 0 Å². The maximum Gasteiger partial charge on any atom is 0.0136 e. The van der Waals surface area contributed by atoms with E-state index in [0.717, 1.165) is 6.04 Å².